The molecule has 2 heterocycles. The highest BCUT2D eigenvalue weighted by Gasteiger charge is 2.15. The summed E-state index contributed by atoms with van der Waals surface area (Å²) in [4.78, 5) is 32.9. The third kappa shape index (κ3) is 9.59. The van der Waals surface area contributed by atoms with Crippen LogP contribution in [-0.2, 0) is 11.3 Å². The van der Waals surface area contributed by atoms with Crippen LogP contribution in [0.25, 0.3) is 11.1 Å². The monoisotopic (exact) mass is 524 g/mol. The van der Waals surface area contributed by atoms with E-state index < -0.39 is 0 Å². The second kappa shape index (κ2) is 15.5. The number of nitrogens with two attached hydrogens (primary N) is 1. The maximum atomic E-state index is 12.6. The van der Waals surface area contributed by atoms with E-state index in [2.05, 4.69) is 25.5 Å². The first-order chi connectivity index (χ1) is 19.0. The zero-order valence-corrected chi connectivity index (χ0v) is 22.5. The summed E-state index contributed by atoms with van der Waals surface area (Å²) in [5.41, 5.74) is 10.0. The van der Waals surface area contributed by atoms with Crippen LogP contribution in [0, 0.1) is 6.92 Å². The molecule has 1 aromatic heterocycles. The number of carbonyl (C=O) groups is 2. The zero-order valence-electron chi connectivity index (χ0n) is 22.5. The van der Waals surface area contributed by atoms with Gasteiger partial charge in [0, 0.05) is 37.5 Å². The van der Waals surface area contributed by atoms with Gasteiger partial charge in [0.05, 0.1) is 12.2 Å². The first-order valence-electron chi connectivity index (χ1n) is 12.9. The number of aromatic nitrogens is 2. The number of benzene rings is 3. The van der Waals surface area contributed by atoms with Crippen molar-refractivity contribution in [1.82, 2.24) is 20.6 Å². The topological polar surface area (TPSA) is 113 Å². The smallest absolute Gasteiger partial charge is 0.251 e. The fraction of sp³-hybridized carbons (Fsp3) is 0.226. The Balaban J connectivity index is 0.000000355. The molecule has 1 aliphatic rings. The molecule has 0 unspecified atom stereocenters. The average molecular weight is 525 g/mol. The molecule has 4 aromatic rings. The number of amides is 2. The van der Waals surface area contributed by atoms with Crippen LogP contribution in [0.1, 0.15) is 34.7 Å². The van der Waals surface area contributed by atoms with Gasteiger partial charge >= 0.3 is 0 Å². The van der Waals surface area contributed by atoms with Crippen LogP contribution in [0.15, 0.2) is 91.0 Å². The lowest BCUT2D eigenvalue weighted by molar-refractivity contribution is -0.109. The predicted molar refractivity (Wildman–Crippen MR) is 157 cm³/mol. The van der Waals surface area contributed by atoms with E-state index in [0.29, 0.717) is 18.5 Å². The van der Waals surface area contributed by atoms with Gasteiger partial charge in [0.25, 0.3) is 5.91 Å². The van der Waals surface area contributed by atoms with Gasteiger partial charge in [-0.25, -0.2) is 9.97 Å². The number of nitrogens with zero attached hydrogens (tertiary/aromatic N) is 3. The van der Waals surface area contributed by atoms with Gasteiger partial charge in [-0.2, -0.15) is 0 Å². The maximum absolute atomic E-state index is 12.6. The van der Waals surface area contributed by atoms with E-state index in [1.807, 2.05) is 97.9 Å². The van der Waals surface area contributed by atoms with E-state index >= 15 is 0 Å². The van der Waals surface area contributed by atoms with Gasteiger partial charge in [-0.15, -0.1) is 0 Å². The quantitative estimate of drug-likeness (QED) is 0.251. The summed E-state index contributed by atoms with van der Waals surface area (Å²) >= 11 is 0. The molecule has 0 saturated carbocycles. The molecule has 3 aromatic carbocycles. The molecule has 0 atom stereocenters. The van der Waals surface area contributed by atoms with Crippen LogP contribution in [0.5, 0.6) is 0 Å². The number of anilines is 2. The fourth-order valence-electron chi connectivity index (χ4n) is 3.96. The highest BCUT2D eigenvalue weighted by atomic mass is 16.1. The Morgan fingerprint density at radius 1 is 0.897 bits per heavy atom. The van der Waals surface area contributed by atoms with Crippen molar-refractivity contribution in [3.05, 3.63) is 108 Å². The Bertz CT molecular complexity index is 1260. The highest BCUT2D eigenvalue weighted by Crippen LogP contribution is 2.21. The highest BCUT2D eigenvalue weighted by molar-refractivity contribution is 5.94. The van der Waals surface area contributed by atoms with Crippen molar-refractivity contribution in [1.29, 1.82) is 0 Å². The van der Waals surface area contributed by atoms with Crippen molar-refractivity contribution >= 4 is 23.8 Å². The van der Waals surface area contributed by atoms with Gasteiger partial charge in [0.2, 0.25) is 6.41 Å². The molecule has 1 saturated heterocycles. The molecule has 5 rings (SSSR count). The third-order valence-electron chi connectivity index (χ3n) is 5.91. The first kappa shape index (κ1) is 28.8. The molecule has 1 aliphatic heterocycles. The van der Waals surface area contributed by atoms with Crippen LogP contribution in [0.4, 0.5) is 11.5 Å². The number of hydrogen-bond acceptors (Lipinski definition) is 6. The third-order valence-corrected chi connectivity index (χ3v) is 5.91. The van der Waals surface area contributed by atoms with Crippen molar-refractivity contribution in [2.45, 2.75) is 26.3 Å². The summed E-state index contributed by atoms with van der Waals surface area (Å²) in [6.07, 6.45) is 3.02. The first-order valence-corrected chi connectivity index (χ1v) is 12.9. The second-order valence-electron chi connectivity index (χ2n) is 8.90. The van der Waals surface area contributed by atoms with E-state index in [1.165, 1.54) is 12.8 Å². The summed E-state index contributed by atoms with van der Waals surface area (Å²) in [5, 5.41) is 5.21. The Hall–Kier alpha value is -4.72. The molecule has 1 fully saturated rings. The van der Waals surface area contributed by atoms with E-state index in [4.69, 9.17) is 10.5 Å². The van der Waals surface area contributed by atoms with Gasteiger partial charge < -0.3 is 21.3 Å². The van der Waals surface area contributed by atoms with Crippen LogP contribution in [-0.4, -0.2) is 42.4 Å². The average Bonchev–Trinajstić information content (AvgIpc) is 3.53. The molecule has 8 heteroatoms. The molecular weight excluding hydrogens is 488 g/mol. The normalized spacial score (nSPS) is 11.8. The standard InChI is InChI=1S/C23H25N5O.C6H6.C2H5NO/c1-16-26-21(14-22(27-16)28-12-2-3-13-28)15-25-23(29)19-6-4-17(5-7-19)18-8-10-20(24)11-9-18;1-2-4-6-5-3-1;1-3-2-4/h4-11,14H,2-3,12-13,15,24H2,1H3,(H,25,29);1-6H;2H,1H3,(H,3,4). The molecule has 4 N–H and O–H groups in total. The van der Waals surface area contributed by atoms with E-state index in [0.717, 1.165) is 47.2 Å². The van der Waals surface area contributed by atoms with Gasteiger partial charge in [0.15, 0.2) is 0 Å². The minimum Gasteiger partial charge on any atom is -0.399 e. The SMILES string of the molecule is CNC=O.Cc1nc(CNC(=O)c2ccc(-c3ccc(N)cc3)cc2)cc(N2CCCC2)n1.c1ccccc1. The summed E-state index contributed by atoms with van der Waals surface area (Å²) in [6, 6.07) is 29.2. The number of rotatable bonds is 6. The van der Waals surface area contributed by atoms with E-state index in [1.54, 1.807) is 7.05 Å². The number of hydrogen-bond donors (Lipinski definition) is 3. The minimum absolute atomic E-state index is 0.118. The molecule has 202 valence electrons. The van der Waals surface area contributed by atoms with Crippen LogP contribution in [0.3, 0.4) is 0 Å². The molecule has 2 amide bonds. The van der Waals surface area contributed by atoms with Crippen molar-refractivity contribution in [3.63, 3.8) is 0 Å². The van der Waals surface area contributed by atoms with Crippen molar-refractivity contribution in [2.75, 3.05) is 30.8 Å². The Labute approximate surface area is 230 Å². The molecule has 0 spiro atoms. The summed E-state index contributed by atoms with van der Waals surface area (Å²) in [5.74, 6) is 1.56. The second-order valence-corrected chi connectivity index (χ2v) is 8.90. The molecule has 0 radical (unpaired) electrons. The Morgan fingerprint density at radius 3 is 1.92 bits per heavy atom. The number of carbonyl (C=O) groups excluding carboxylic acids is 2. The Kier molecular flexibility index (Phi) is 11.5. The largest absolute Gasteiger partial charge is 0.399 e. The molecule has 0 aliphatic carbocycles. The molecule has 39 heavy (non-hydrogen) atoms. The zero-order chi connectivity index (χ0) is 27.9. The van der Waals surface area contributed by atoms with Crippen molar-refractivity contribution in [3.8, 4) is 11.1 Å². The summed E-state index contributed by atoms with van der Waals surface area (Å²) in [7, 11) is 1.56. The lowest BCUT2D eigenvalue weighted by atomic mass is 10.0. The molecule has 8 nitrogen and oxygen atoms in total. The van der Waals surface area contributed by atoms with E-state index in [-0.39, 0.29) is 5.91 Å². The van der Waals surface area contributed by atoms with Crippen molar-refractivity contribution < 1.29 is 9.59 Å². The minimum atomic E-state index is -0.118. The predicted octanol–water partition coefficient (Wildman–Crippen LogP) is 4.61. The van der Waals surface area contributed by atoms with Crippen LogP contribution >= 0.6 is 0 Å². The van der Waals surface area contributed by atoms with Crippen LogP contribution in [0.2, 0.25) is 0 Å². The molecular formula is C31H36N6O2. The van der Waals surface area contributed by atoms with Gasteiger partial charge in [-0.05, 0) is 55.2 Å². The van der Waals surface area contributed by atoms with Crippen molar-refractivity contribution in [2.24, 2.45) is 0 Å². The van der Waals surface area contributed by atoms with Gasteiger partial charge in [-0.3, -0.25) is 9.59 Å². The van der Waals surface area contributed by atoms with Gasteiger partial charge in [-0.1, -0.05) is 60.7 Å². The lowest BCUT2D eigenvalue weighted by Gasteiger charge is -2.17. The number of nitrogens with one attached hydrogen (secondary N) is 2. The fourth-order valence-corrected chi connectivity index (χ4v) is 3.96. The number of aryl methyl sites for hydroxylation is 1. The molecule has 0 bridgehead atoms. The van der Waals surface area contributed by atoms with Gasteiger partial charge in [0.1, 0.15) is 11.6 Å². The van der Waals surface area contributed by atoms with Crippen LogP contribution < -0.4 is 21.3 Å². The lowest BCUT2D eigenvalue weighted by Crippen LogP contribution is -2.24. The number of nitrogen functional groups attached to an aromatic ring is 1. The Morgan fingerprint density at radius 2 is 1.41 bits per heavy atom. The summed E-state index contributed by atoms with van der Waals surface area (Å²) in [6.45, 7) is 4.33. The maximum Gasteiger partial charge on any atom is 0.251 e. The van der Waals surface area contributed by atoms with E-state index in [9.17, 15) is 4.79 Å². The summed E-state index contributed by atoms with van der Waals surface area (Å²) < 4.78 is 0.